The molecule has 3 nitrogen and oxygen atoms in total. The molecule has 0 atom stereocenters. The summed E-state index contributed by atoms with van der Waals surface area (Å²) in [7, 11) is 0. The van der Waals surface area contributed by atoms with Crippen molar-refractivity contribution in [2.75, 3.05) is 32.7 Å². The first-order valence-corrected chi connectivity index (χ1v) is 8.67. The number of hydrogen-bond acceptors (Lipinski definition) is 3. The normalized spacial score (nSPS) is 17.5. The molecule has 1 heterocycles. The maximum absolute atomic E-state index is 5.65. The van der Waals surface area contributed by atoms with Crippen LogP contribution in [-0.4, -0.2) is 48.6 Å². The predicted molar refractivity (Wildman–Crippen MR) is 92.9 cm³/mol. The van der Waals surface area contributed by atoms with Crippen molar-refractivity contribution in [2.45, 2.75) is 47.0 Å². The average molecular weight is 304 g/mol. The first kappa shape index (κ1) is 17.5. The topological polar surface area (TPSA) is 15.7 Å². The van der Waals surface area contributed by atoms with Crippen LogP contribution < -0.4 is 0 Å². The quantitative estimate of drug-likeness (QED) is 0.768. The number of benzene rings is 1. The molecule has 0 radical (unpaired) electrons. The molecule has 22 heavy (non-hydrogen) atoms. The lowest BCUT2D eigenvalue weighted by molar-refractivity contribution is 0.0657. The summed E-state index contributed by atoms with van der Waals surface area (Å²) in [5.41, 5.74) is 2.67. The highest BCUT2D eigenvalue weighted by Crippen LogP contribution is 2.12. The smallest absolute Gasteiger partial charge is 0.0720 e. The Morgan fingerprint density at radius 1 is 0.864 bits per heavy atom. The SMILES string of the molecule is CC(C)CN1CCN(Cc2ccc(COC(C)C)cc2)CC1. The van der Waals surface area contributed by atoms with E-state index in [1.807, 2.05) is 0 Å². The zero-order valence-corrected chi connectivity index (χ0v) is 14.7. The van der Waals surface area contributed by atoms with Gasteiger partial charge in [-0.25, -0.2) is 0 Å². The first-order valence-electron chi connectivity index (χ1n) is 8.67. The van der Waals surface area contributed by atoms with Crippen LogP contribution >= 0.6 is 0 Å². The van der Waals surface area contributed by atoms with Gasteiger partial charge in [0.05, 0.1) is 12.7 Å². The second-order valence-electron chi connectivity index (χ2n) is 7.15. The molecule has 124 valence electrons. The molecule has 1 aliphatic rings. The Bertz CT molecular complexity index is 420. The fourth-order valence-electron chi connectivity index (χ4n) is 2.91. The molecule has 3 heteroatoms. The number of nitrogens with zero attached hydrogens (tertiary/aromatic N) is 2. The lowest BCUT2D eigenvalue weighted by atomic mass is 10.1. The highest BCUT2D eigenvalue weighted by molar-refractivity contribution is 5.22. The van der Waals surface area contributed by atoms with E-state index in [0.29, 0.717) is 12.7 Å². The second-order valence-corrected chi connectivity index (χ2v) is 7.15. The van der Waals surface area contributed by atoms with E-state index in [0.717, 1.165) is 12.5 Å². The lowest BCUT2D eigenvalue weighted by Gasteiger charge is -2.35. The van der Waals surface area contributed by atoms with Gasteiger partial charge in [0.2, 0.25) is 0 Å². The van der Waals surface area contributed by atoms with Gasteiger partial charge in [-0.1, -0.05) is 38.1 Å². The van der Waals surface area contributed by atoms with Crippen molar-refractivity contribution in [3.63, 3.8) is 0 Å². The molecule has 0 unspecified atom stereocenters. The summed E-state index contributed by atoms with van der Waals surface area (Å²) in [4.78, 5) is 5.16. The van der Waals surface area contributed by atoms with E-state index >= 15 is 0 Å². The highest BCUT2D eigenvalue weighted by Gasteiger charge is 2.17. The maximum atomic E-state index is 5.65. The molecular weight excluding hydrogens is 272 g/mol. The average Bonchev–Trinajstić information content (AvgIpc) is 2.48. The molecule has 1 aromatic carbocycles. The minimum Gasteiger partial charge on any atom is -0.374 e. The second kappa shape index (κ2) is 8.66. The number of hydrogen-bond donors (Lipinski definition) is 0. The van der Waals surface area contributed by atoms with Gasteiger partial charge in [0, 0.05) is 39.3 Å². The molecule has 0 aliphatic carbocycles. The van der Waals surface area contributed by atoms with Gasteiger partial charge in [-0.15, -0.1) is 0 Å². The molecule has 1 fully saturated rings. The third kappa shape index (κ3) is 6.07. The monoisotopic (exact) mass is 304 g/mol. The first-order chi connectivity index (χ1) is 10.5. The van der Waals surface area contributed by atoms with E-state index < -0.39 is 0 Å². The van der Waals surface area contributed by atoms with Crippen LogP contribution in [0, 0.1) is 5.92 Å². The number of ether oxygens (including phenoxy) is 1. The fourth-order valence-corrected chi connectivity index (χ4v) is 2.91. The lowest BCUT2D eigenvalue weighted by Crippen LogP contribution is -2.46. The van der Waals surface area contributed by atoms with Crippen molar-refractivity contribution < 1.29 is 4.74 Å². The van der Waals surface area contributed by atoms with Crippen molar-refractivity contribution in [2.24, 2.45) is 5.92 Å². The Morgan fingerprint density at radius 3 is 1.95 bits per heavy atom. The van der Waals surface area contributed by atoms with E-state index in [2.05, 4.69) is 61.8 Å². The molecule has 0 N–H and O–H groups in total. The third-order valence-corrected chi connectivity index (χ3v) is 4.10. The summed E-state index contributed by atoms with van der Waals surface area (Å²) in [6.07, 6.45) is 0.293. The van der Waals surface area contributed by atoms with Crippen LogP contribution in [0.15, 0.2) is 24.3 Å². The Balaban J connectivity index is 1.75. The maximum Gasteiger partial charge on any atom is 0.0720 e. The molecule has 2 rings (SSSR count). The van der Waals surface area contributed by atoms with Crippen LogP contribution in [0.1, 0.15) is 38.8 Å². The van der Waals surface area contributed by atoms with E-state index in [1.165, 1.54) is 43.9 Å². The Hall–Kier alpha value is -0.900. The largest absolute Gasteiger partial charge is 0.374 e. The third-order valence-electron chi connectivity index (χ3n) is 4.10. The molecular formula is C19H32N2O. The highest BCUT2D eigenvalue weighted by atomic mass is 16.5. The predicted octanol–water partition coefficient (Wildman–Crippen LogP) is 3.39. The molecule has 1 aromatic rings. The van der Waals surface area contributed by atoms with Crippen LogP contribution in [0.2, 0.25) is 0 Å². The fraction of sp³-hybridized carbons (Fsp3) is 0.684. The molecule has 0 spiro atoms. The van der Waals surface area contributed by atoms with Gasteiger partial charge in [-0.2, -0.15) is 0 Å². The van der Waals surface area contributed by atoms with Gasteiger partial charge in [-0.3, -0.25) is 4.90 Å². The summed E-state index contributed by atoms with van der Waals surface area (Å²) in [6.45, 7) is 16.6. The molecule has 1 saturated heterocycles. The van der Waals surface area contributed by atoms with E-state index in [9.17, 15) is 0 Å². The van der Waals surface area contributed by atoms with Gasteiger partial charge in [-0.05, 0) is 30.9 Å². The summed E-state index contributed by atoms with van der Waals surface area (Å²) in [5, 5.41) is 0. The van der Waals surface area contributed by atoms with E-state index in [1.54, 1.807) is 0 Å². The van der Waals surface area contributed by atoms with Crippen LogP contribution in [0.4, 0.5) is 0 Å². The molecule has 0 aromatic heterocycles. The summed E-state index contributed by atoms with van der Waals surface area (Å²) >= 11 is 0. The Morgan fingerprint density at radius 2 is 1.41 bits per heavy atom. The molecule has 0 saturated carbocycles. The van der Waals surface area contributed by atoms with Gasteiger partial charge in [0.25, 0.3) is 0 Å². The summed E-state index contributed by atoms with van der Waals surface area (Å²) in [5.74, 6) is 0.771. The van der Waals surface area contributed by atoms with Crippen molar-refractivity contribution in [3.8, 4) is 0 Å². The van der Waals surface area contributed by atoms with Gasteiger partial charge in [0.1, 0.15) is 0 Å². The zero-order valence-electron chi connectivity index (χ0n) is 14.7. The van der Waals surface area contributed by atoms with Crippen molar-refractivity contribution >= 4 is 0 Å². The van der Waals surface area contributed by atoms with Crippen LogP contribution in [-0.2, 0) is 17.9 Å². The molecule has 0 amide bonds. The van der Waals surface area contributed by atoms with Crippen molar-refractivity contribution in [1.29, 1.82) is 0 Å². The van der Waals surface area contributed by atoms with Crippen molar-refractivity contribution in [3.05, 3.63) is 35.4 Å². The minimum absolute atomic E-state index is 0.293. The van der Waals surface area contributed by atoms with Crippen molar-refractivity contribution in [1.82, 2.24) is 9.80 Å². The minimum atomic E-state index is 0.293. The number of rotatable bonds is 7. The Kier molecular flexibility index (Phi) is 6.87. The van der Waals surface area contributed by atoms with Gasteiger partial charge in [0.15, 0.2) is 0 Å². The van der Waals surface area contributed by atoms with Gasteiger partial charge >= 0.3 is 0 Å². The standard InChI is InChI=1S/C19H32N2O/c1-16(2)13-20-9-11-21(12-10-20)14-18-5-7-19(8-6-18)15-22-17(3)4/h5-8,16-17H,9-15H2,1-4H3. The van der Waals surface area contributed by atoms with E-state index in [4.69, 9.17) is 4.74 Å². The van der Waals surface area contributed by atoms with E-state index in [-0.39, 0.29) is 0 Å². The molecule has 0 bridgehead atoms. The summed E-state index contributed by atoms with van der Waals surface area (Å²) in [6, 6.07) is 8.90. The Labute approximate surface area is 136 Å². The van der Waals surface area contributed by atoms with Crippen LogP contribution in [0.3, 0.4) is 0 Å². The number of piperazine rings is 1. The van der Waals surface area contributed by atoms with Crippen LogP contribution in [0.25, 0.3) is 0 Å². The zero-order chi connectivity index (χ0) is 15.9. The van der Waals surface area contributed by atoms with Gasteiger partial charge < -0.3 is 9.64 Å². The molecule has 1 aliphatic heterocycles. The van der Waals surface area contributed by atoms with Crippen LogP contribution in [0.5, 0.6) is 0 Å². The summed E-state index contributed by atoms with van der Waals surface area (Å²) < 4.78 is 5.65.